The maximum absolute atomic E-state index is 5.96. The van der Waals surface area contributed by atoms with Crippen LogP contribution in [0.4, 0.5) is 5.69 Å². The third-order valence-corrected chi connectivity index (χ3v) is 3.73. The molecule has 0 saturated heterocycles. The van der Waals surface area contributed by atoms with Crippen LogP contribution in [0.2, 0.25) is 0 Å². The van der Waals surface area contributed by atoms with Gasteiger partial charge in [0, 0.05) is 38.4 Å². The lowest BCUT2D eigenvalue weighted by Crippen LogP contribution is -2.21. The van der Waals surface area contributed by atoms with Crippen molar-refractivity contribution in [3.8, 4) is 5.69 Å². The number of hydrogen-bond acceptors (Lipinski definition) is 3. The van der Waals surface area contributed by atoms with Gasteiger partial charge in [0.15, 0.2) is 0 Å². The number of nitrogens with zero attached hydrogens (tertiary/aromatic N) is 3. The molecule has 0 aliphatic rings. The highest BCUT2D eigenvalue weighted by atomic mass is 15.1. The molecule has 1 aromatic carbocycles. The lowest BCUT2D eigenvalue weighted by molar-refractivity contribution is 0.490. The molecule has 0 aliphatic heterocycles. The van der Waals surface area contributed by atoms with Crippen molar-refractivity contribution < 1.29 is 0 Å². The summed E-state index contributed by atoms with van der Waals surface area (Å²) < 4.78 is 2.16. The Kier molecular flexibility index (Phi) is 4.45. The van der Waals surface area contributed by atoms with Crippen LogP contribution in [0.25, 0.3) is 5.69 Å². The van der Waals surface area contributed by atoms with Gasteiger partial charge < -0.3 is 15.2 Å². The molecule has 20 heavy (non-hydrogen) atoms. The van der Waals surface area contributed by atoms with E-state index in [9.17, 15) is 0 Å². The maximum atomic E-state index is 5.96. The van der Waals surface area contributed by atoms with Crippen LogP contribution in [0.1, 0.15) is 25.5 Å². The molecule has 1 atom stereocenters. The molecule has 0 aliphatic carbocycles. The molecule has 0 saturated carbocycles. The summed E-state index contributed by atoms with van der Waals surface area (Å²) in [6.45, 7) is 5.03. The molecule has 0 amide bonds. The molecule has 108 valence electrons. The largest absolute Gasteiger partial charge is 0.376 e. The van der Waals surface area contributed by atoms with Crippen molar-refractivity contribution in [1.29, 1.82) is 0 Å². The van der Waals surface area contributed by atoms with E-state index in [0.717, 1.165) is 5.69 Å². The van der Waals surface area contributed by atoms with Crippen LogP contribution < -0.4 is 10.6 Å². The van der Waals surface area contributed by atoms with Gasteiger partial charge in [0.05, 0.1) is 17.7 Å². The highest BCUT2D eigenvalue weighted by Gasteiger charge is 2.20. The first-order valence-electron chi connectivity index (χ1n) is 7.05. The Morgan fingerprint density at radius 3 is 2.55 bits per heavy atom. The van der Waals surface area contributed by atoms with Gasteiger partial charge in [-0.1, -0.05) is 26.0 Å². The summed E-state index contributed by atoms with van der Waals surface area (Å²) >= 11 is 0. The fourth-order valence-electron chi connectivity index (χ4n) is 2.56. The van der Waals surface area contributed by atoms with Crippen molar-refractivity contribution in [3.05, 3.63) is 42.5 Å². The highest BCUT2D eigenvalue weighted by molar-refractivity contribution is 5.62. The fourth-order valence-corrected chi connectivity index (χ4v) is 2.56. The number of hydrogen-bond donors (Lipinski definition) is 1. The molecule has 1 aromatic heterocycles. The van der Waals surface area contributed by atoms with Gasteiger partial charge in [-0.3, -0.25) is 0 Å². The molecule has 1 unspecified atom stereocenters. The molecular weight excluding hydrogens is 248 g/mol. The van der Waals surface area contributed by atoms with E-state index in [4.69, 9.17) is 5.73 Å². The van der Waals surface area contributed by atoms with Crippen LogP contribution in [0.15, 0.2) is 36.8 Å². The Balaban J connectivity index is 2.53. The van der Waals surface area contributed by atoms with Gasteiger partial charge in [-0.2, -0.15) is 0 Å². The molecule has 2 rings (SSSR count). The molecular formula is C16H24N4. The Morgan fingerprint density at radius 2 is 1.95 bits per heavy atom. The molecule has 1 heterocycles. The summed E-state index contributed by atoms with van der Waals surface area (Å²) in [7, 11) is 4.11. The van der Waals surface area contributed by atoms with Crippen molar-refractivity contribution >= 4 is 5.69 Å². The van der Waals surface area contributed by atoms with Gasteiger partial charge in [-0.15, -0.1) is 0 Å². The van der Waals surface area contributed by atoms with Crippen LogP contribution in [0.3, 0.4) is 0 Å². The zero-order chi connectivity index (χ0) is 14.7. The first-order valence-corrected chi connectivity index (χ1v) is 7.05. The quantitative estimate of drug-likeness (QED) is 0.910. The Hall–Kier alpha value is -1.81. The number of nitrogens with two attached hydrogens (primary N) is 1. The molecule has 4 nitrogen and oxygen atoms in total. The zero-order valence-electron chi connectivity index (χ0n) is 12.7. The van der Waals surface area contributed by atoms with E-state index in [1.165, 1.54) is 11.4 Å². The summed E-state index contributed by atoms with van der Waals surface area (Å²) in [5.41, 5.74) is 9.45. The van der Waals surface area contributed by atoms with Gasteiger partial charge in [0.1, 0.15) is 0 Å². The first kappa shape index (κ1) is 14.6. The van der Waals surface area contributed by atoms with Crippen LogP contribution in [0, 0.1) is 5.92 Å². The van der Waals surface area contributed by atoms with Crippen molar-refractivity contribution in [2.75, 3.05) is 25.5 Å². The molecule has 0 radical (unpaired) electrons. The van der Waals surface area contributed by atoms with E-state index in [1.54, 1.807) is 0 Å². The number of para-hydroxylation sites is 2. The van der Waals surface area contributed by atoms with Gasteiger partial charge in [0.25, 0.3) is 0 Å². The summed E-state index contributed by atoms with van der Waals surface area (Å²) in [5, 5.41) is 0. The van der Waals surface area contributed by atoms with Gasteiger partial charge in [-0.05, 0) is 18.1 Å². The highest BCUT2D eigenvalue weighted by Crippen LogP contribution is 2.29. The predicted molar refractivity (Wildman–Crippen MR) is 84.5 cm³/mol. The molecule has 2 N–H and O–H groups in total. The van der Waals surface area contributed by atoms with Crippen molar-refractivity contribution in [3.63, 3.8) is 0 Å². The van der Waals surface area contributed by atoms with E-state index < -0.39 is 0 Å². The fraction of sp³-hybridized carbons (Fsp3) is 0.438. The van der Waals surface area contributed by atoms with Crippen LogP contribution in [-0.2, 0) is 0 Å². The molecule has 0 spiro atoms. The second-order valence-electron chi connectivity index (χ2n) is 5.66. The SMILES string of the molecule is CC(C)C(CN)c1cncn1-c1ccccc1N(C)C. The Morgan fingerprint density at radius 1 is 1.25 bits per heavy atom. The Labute approximate surface area is 121 Å². The topological polar surface area (TPSA) is 47.1 Å². The minimum absolute atomic E-state index is 0.313. The minimum atomic E-state index is 0.313. The smallest absolute Gasteiger partial charge is 0.0994 e. The normalized spacial score (nSPS) is 12.7. The standard InChI is InChI=1S/C16H24N4/c1-12(2)13(9-17)16-10-18-11-20(16)15-8-6-5-7-14(15)19(3)4/h5-8,10-13H,9,17H2,1-4H3. The minimum Gasteiger partial charge on any atom is -0.376 e. The lowest BCUT2D eigenvalue weighted by atomic mass is 9.93. The third-order valence-electron chi connectivity index (χ3n) is 3.73. The van der Waals surface area contributed by atoms with Gasteiger partial charge >= 0.3 is 0 Å². The number of aromatic nitrogens is 2. The average molecular weight is 272 g/mol. The van der Waals surface area contributed by atoms with E-state index in [-0.39, 0.29) is 0 Å². The Bertz CT molecular complexity index is 557. The van der Waals surface area contributed by atoms with Crippen molar-refractivity contribution in [1.82, 2.24) is 9.55 Å². The first-order chi connectivity index (χ1) is 9.56. The number of imidazole rings is 1. The molecule has 0 bridgehead atoms. The van der Waals surface area contributed by atoms with Crippen molar-refractivity contribution in [2.45, 2.75) is 19.8 Å². The second kappa shape index (κ2) is 6.09. The van der Waals surface area contributed by atoms with Crippen LogP contribution in [0.5, 0.6) is 0 Å². The second-order valence-corrected chi connectivity index (χ2v) is 5.66. The van der Waals surface area contributed by atoms with Crippen LogP contribution >= 0.6 is 0 Å². The maximum Gasteiger partial charge on any atom is 0.0994 e. The lowest BCUT2D eigenvalue weighted by Gasteiger charge is -2.23. The summed E-state index contributed by atoms with van der Waals surface area (Å²) in [4.78, 5) is 6.46. The average Bonchev–Trinajstić information content (AvgIpc) is 2.88. The van der Waals surface area contributed by atoms with E-state index in [1.807, 2.05) is 12.5 Å². The summed E-state index contributed by atoms with van der Waals surface area (Å²) in [5.74, 6) is 0.801. The molecule has 0 fully saturated rings. The molecule has 2 aromatic rings. The van der Waals surface area contributed by atoms with E-state index in [0.29, 0.717) is 18.4 Å². The zero-order valence-corrected chi connectivity index (χ0v) is 12.7. The van der Waals surface area contributed by atoms with Gasteiger partial charge in [0.2, 0.25) is 0 Å². The number of rotatable bonds is 5. The summed E-state index contributed by atoms with van der Waals surface area (Å²) in [6, 6.07) is 8.34. The summed E-state index contributed by atoms with van der Waals surface area (Å²) in [6.07, 6.45) is 3.81. The predicted octanol–water partition coefficient (Wildman–Crippen LogP) is 2.64. The number of anilines is 1. The van der Waals surface area contributed by atoms with Crippen molar-refractivity contribution in [2.24, 2.45) is 11.7 Å². The third kappa shape index (κ3) is 2.70. The van der Waals surface area contributed by atoms with Gasteiger partial charge in [-0.25, -0.2) is 4.98 Å². The van der Waals surface area contributed by atoms with E-state index >= 15 is 0 Å². The van der Waals surface area contributed by atoms with Crippen LogP contribution in [-0.4, -0.2) is 30.2 Å². The van der Waals surface area contributed by atoms with E-state index in [2.05, 4.69) is 66.7 Å². The molecule has 4 heteroatoms. The number of benzene rings is 1. The monoisotopic (exact) mass is 272 g/mol.